The first-order valence-corrected chi connectivity index (χ1v) is 10.8. The molecular formula is C25H30N2O4. The fourth-order valence-corrected chi connectivity index (χ4v) is 3.60. The Morgan fingerprint density at radius 1 is 1.06 bits per heavy atom. The lowest BCUT2D eigenvalue weighted by molar-refractivity contribution is -0.130. The van der Waals surface area contributed by atoms with E-state index in [-0.39, 0.29) is 17.7 Å². The van der Waals surface area contributed by atoms with Gasteiger partial charge in [0.1, 0.15) is 0 Å². The van der Waals surface area contributed by atoms with Gasteiger partial charge in [-0.3, -0.25) is 9.59 Å². The molecule has 1 unspecified atom stereocenters. The fraction of sp³-hybridized carbons (Fsp3) is 0.360. The van der Waals surface area contributed by atoms with Gasteiger partial charge in [0.05, 0.1) is 19.1 Å². The van der Waals surface area contributed by atoms with Crippen molar-refractivity contribution in [2.45, 2.75) is 26.7 Å². The fourth-order valence-electron chi connectivity index (χ4n) is 3.60. The van der Waals surface area contributed by atoms with Crippen LogP contribution in [-0.2, 0) is 9.59 Å². The van der Waals surface area contributed by atoms with Gasteiger partial charge in [-0.15, -0.1) is 0 Å². The molecule has 1 fully saturated rings. The molecular weight excluding hydrogens is 392 g/mol. The second-order valence-corrected chi connectivity index (χ2v) is 7.38. The van der Waals surface area contributed by atoms with Gasteiger partial charge in [0, 0.05) is 24.9 Å². The number of anilines is 1. The zero-order valence-corrected chi connectivity index (χ0v) is 18.2. The Kier molecular flexibility index (Phi) is 8.10. The predicted molar refractivity (Wildman–Crippen MR) is 122 cm³/mol. The van der Waals surface area contributed by atoms with Crippen molar-refractivity contribution in [1.29, 1.82) is 0 Å². The Morgan fingerprint density at radius 3 is 2.55 bits per heavy atom. The van der Waals surface area contributed by atoms with Gasteiger partial charge in [-0.1, -0.05) is 24.3 Å². The molecule has 0 spiro atoms. The molecule has 0 radical (unpaired) electrons. The maximum atomic E-state index is 12.7. The molecule has 1 N–H and O–H groups in total. The van der Waals surface area contributed by atoms with Gasteiger partial charge in [0.15, 0.2) is 11.5 Å². The van der Waals surface area contributed by atoms with Crippen LogP contribution >= 0.6 is 0 Å². The van der Waals surface area contributed by atoms with Crippen molar-refractivity contribution >= 4 is 23.6 Å². The van der Waals surface area contributed by atoms with E-state index in [1.54, 1.807) is 17.1 Å². The zero-order chi connectivity index (χ0) is 22.1. The second kappa shape index (κ2) is 11.2. The molecule has 0 aromatic heterocycles. The summed E-state index contributed by atoms with van der Waals surface area (Å²) in [4.78, 5) is 27.1. The first-order valence-electron chi connectivity index (χ1n) is 10.8. The molecule has 2 aromatic carbocycles. The molecule has 2 amide bonds. The van der Waals surface area contributed by atoms with Gasteiger partial charge in [-0.05, 0) is 62.6 Å². The summed E-state index contributed by atoms with van der Waals surface area (Å²) in [6.07, 6.45) is 4.92. The van der Waals surface area contributed by atoms with Crippen molar-refractivity contribution in [2.75, 3.05) is 31.6 Å². The number of rotatable bonds is 8. The van der Waals surface area contributed by atoms with E-state index in [1.165, 1.54) is 0 Å². The van der Waals surface area contributed by atoms with Gasteiger partial charge in [0.2, 0.25) is 11.8 Å². The normalized spacial score (nSPS) is 16.2. The Morgan fingerprint density at radius 2 is 1.81 bits per heavy atom. The molecule has 0 aliphatic carbocycles. The highest BCUT2D eigenvalue weighted by atomic mass is 16.5. The number of carbonyl (C=O) groups is 2. The van der Waals surface area contributed by atoms with Crippen LogP contribution in [0.1, 0.15) is 32.3 Å². The molecule has 6 heteroatoms. The Hall–Kier alpha value is -3.28. The number of benzene rings is 2. The highest BCUT2D eigenvalue weighted by molar-refractivity contribution is 5.95. The summed E-state index contributed by atoms with van der Waals surface area (Å²) in [6, 6.07) is 15.0. The first kappa shape index (κ1) is 22.4. The number of para-hydroxylation sites is 1. The van der Waals surface area contributed by atoms with Crippen LogP contribution < -0.4 is 14.8 Å². The number of nitrogens with one attached hydrogen (secondary N) is 1. The lowest BCUT2D eigenvalue weighted by Gasteiger charge is -2.31. The van der Waals surface area contributed by atoms with Crippen LogP contribution in [0.4, 0.5) is 5.69 Å². The number of piperidine rings is 1. The molecule has 164 valence electrons. The smallest absolute Gasteiger partial charge is 0.246 e. The minimum absolute atomic E-state index is 0.0412. The van der Waals surface area contributed by atoms with E-state index in [0.29, 0.717) is 37.8 Å². The summed E-state index contributed by atoms with van der Waals surface area (Å²) >= 11 is 0. The summed E-state index contributed by atoms with van der Waals surface area (Å²) in [7, 11) is 0. The minimum Gasteiger partial charge on any atom is -0.490 e. The van der Waals surface area contributed by atoms with E-state index >= 15 is 0 Å². The molecule has 6 nitrogen and oxygen atoms in total. The van der Waals surface area contributed by atoms with Gasteiger partial charge in [-0.25, -0.2) is 0 Å². The topological polar surface area (TPSA) is 67.9 Å². The molecule has 1 aliphatic rings. The lowest BCUT2D eigenvalue weighted by Crippen LogP contribution is -2.43. The van der Waals surface area contributed by atoms with Crippen LogP contribution in [0.3, 0.4) is 0 Å². The SMILES string of the molecule is CCOc1ccc(/C=C/C(=O)N2CCCC(C(=O)Nc3ccccc3)C2)cc1OCC. The monoisotopic (exact) mass is 422 g/mol. The van der Waals surface area contributed by atoms with Crippen LogP contribution in [0.25, 0.3) is 6.08 Å². The van der Waals surface area contributed by atoms with Crippen molar-refractivity contribution < 1.29 is 19.1 Å². The number of hydrogen-bond acceptors (Lipinski definition) is 4. The number of amides is 2. The van der Waals surface area contributed by atoms with Crippen LogP contribution in [0.15, 0.2) is 54.6 Å². The Bertz CT molecular complexity index is 911. The summed E-state index contributed by atoms with van der Waals surface area (Å²) in [6.45, 7) is 6.02. The molecule has 3 rings (SSSR count). The predicted octanol–water partition coefficient (Wildman–Crippen LogP) is 4.37. The van der Waals surface area contributed by atoms with E-state index in [0.717, 1.165) is 24.1 Å². The average Bonchev–Trinajstić information content (AvgIpc) is 2.80. The van der Waals surface area contributed by atoms with Crippen LogP contribution in [0.2, 0.25) is 0 Å². The average molecular weight is 423 g/mol. The van der Waals surface area contributed by atoms with Gasteiger partial charge in [-0.2, -0.15) is 0 Å². The van der Waals surface area contributed by atoms with Crippen LogP contribution in [0, 0.1) is 5.92 Å². The second-order valence-electron chi connectivity index (χ2n) is 7.38. The van der Waals surface area contributed by atoms with Crippen molar-refractivity contribution in [1.82, 2.24) is 4.90 Å². The number of hydrogen-bond donors (Lipinski definition) is 1. The molecule has 31 heavy (non-hydrogen) atoms. The zero-order valence-electron chi connectivity index (χ0n) is 18.2. The van der Waals surface area contributed by atoms with E-state index in [9.17, 15) is 9.59 Å². The number of likely N-dealkylation sites (tertiary alicyclic amines) is 1. The summed E-state index contributed by atoms with van der Waals surface area (Å²) < 4.78 is 11.2. The molecule has 1 heterocycles. The number of carbonyl (C=O) groups excluding carboxylic acids is 2. The first-order chi connectivity index (χ1) is 15.1. The van der Waals surface area contributed by atoms with Crippen LogP contribution in [0.5, 0.6) is 11.5 Å². The summed E-state index contributed by atoms with van der Waals surface area (Å²) in [5.41, 5.74) is 1.63. The molecule has 2 aromatic rings. The Balaban J connectivity index is 1.61. The third-order valence-corrected chi connectivity index (χ3v) is 5.13. The molecule has 0 bridgehead atoms. The Labute approximate surface area is 183 Å². The standard InChI is InChI=1S/C25H30N2O4/c1-3-30-22-14-12-19(17-23(22)31-4-2)13-15-24(28)27-16-8-9-20(18-27)25(29)26-21-10-6-5-7-11-21/h5-7,10-15,17,20H,3-4,8-9,16,18H2,1-2H3,(H,26,29)/b15-13+. The van der Waals surface area contributed by atoms with Gasteiger partial charge < -0.3 is 19.7 Å². The van der Waals surface area contributed by atoms with Gasteiger partial charge in [0.25, 0.3) is 0 Å². The van der Waals surface area contributed by atoms with Crippen LogP contribution in [-0.4, -0.2) is 43.0 Å². The third kappa shape index (κ3) is 6.35. The van der Waals surface area contributed by atoms with E-state index in [4.69, 9.17) is 9.47 Å². The molecule has 1 aliphatic heterocycles. The highest BCUT2D eigenvalue weighted by Crippen LogP contribution is 2.29. The third-order valence-electron chi connectivity index (χ3n) is 5.13. The van der Waals surface area contributed by atoms with Crippen molar-refractivity contribution in [2.24, 2.45) is 5.92 Å². The lowest BCUT2D eigenvalue weighted by atomic mass is 9.97. The number of nitrogens with zero attached hydrogens (tertiary/aromatic N) is 1. The summed E-state index contributed by atoms with van der Waals surface area (Å²) in [5, 5.41) is 2.94. The van der Waals surface area contributed by atoms with E-state index < -0.39 is 0 Å². The molecule has 0 saturated carbocycles. The van der Waals surface area contributed by atoms with E-state index in [1.807, 2.05) is 62.4 Å². The highest BCUT2D eigenvalue weighted by Gasteiger charge is 2.27. The van der Waals surface area contributed by atoms with E-state index in [2.05, 4.69) is 5.32 Å². The quantitative estimate of drug-likeness (QED) is 0.642. The maximum absolute atomic E-state index is 12.7. The summed E-state index contributed by atoms with van der Waals surface area (Å²) in [5.74, 6) is 1.01. The van der Waals surface area contributed by atoms with Crippen molar-refractivity contribution in [3.05, 3.63) is 60.2 Å². The maximum Gasteiger partial charge on any atom is 0.246 e. The molecule has 1 saturated heterocycles. The van der Waals surface area contributed by atoms with Gasteiger partial charge >= 0.3 is 0 Å². The van der Waals surface area contributed by atoms with Crippen molar-refractivity contribution in [3.8, 4) is 11.5 Å². The largest absolute Gasteiger partial charge is 0.490 e. The molecule has 1 atom stereocenters. The van der Waals surface area contributed by atoms with Crippen molar-refractivity contribution in [3.63, 3.8) is 0 Å². The number of ether oxygens (including phenoxy) is 2. The minimum atomic E-state index is -0.207.